The highest BCUT2D eigenvalue weighted by Gasteiger charge is 2.29. The maximum Gasteiger partial charge on any atom is 0.407 e. The van der Waals surface area contributed by atoms with Crippen LogP contribution in [0.4, 0.5) is 4.79 Å². The van der Waals surface area contributed by atoms with E-state index in [1.54, 1.807) is 16.2 Å². The number of hydrogen-bond acceptors (Lipinski definition) is 2. The maximum atomic E-state index is 12.3. The van der Waals surface area contributed by atoms with Gasteiger partial charge in [-0.15, -0.1) is 0 Å². The zero-order chi connectivity index (χ0) is 13.6. The molecule has 1 atom stereocenters. The number of imidazole rings is 1. The van der Waals surface area contributed by atoms with Gasteiger partial charge in [-0.1, -0.05) is 12.1 Å². The van der Waals surface area contributed by atoms with Gasteiger partial charge in [0.05, 0.1) is 17.1 Å². The van der Waals surface area contributed by atoms with Crippen molar-refractivity contribution in [2.75, 3.05) is 13.1 Å². The Labute approximate surface area is 109 Å². The van der Waals surface area contributed by atoms with Gasteiger partial charge in [-0.05, 0) is 18.6 Å². The number of benzene rings is 1. The summed E-state index contributed by atoms with van der Waals surface area (Å²) in [6, 6.07) is 7.51. The average molecular weight is 261 g/mol. The van der Waals surface area contributed by atoms with Gasteiger partial charge in [0.15, 0.2) is 0 Å². The van der Waals surface area contributed by atoms with Crippen molar-refractivity contribution >= 4 is 17.1 Å². The molecule has 1 fully saturated rings. The van der Waals surface area contributed by atoms with Crippen LogP contribution in [0.15, 0.2) is 29.1 Å². The van der Waals surface area contributed by atoms with Crippen LogP contribution in [-0.4, -0.2) is 38.3 Å². The molecule has 2 heterocycles. The summed E-state index contributed by atoms with van der Waals surface area (Å²) in [5.41, 5.74) is 1.66. The quantitative estimate of drug-likeness (QED) is 0.840. The number of hydrogen-bond donors (Lipinski definition) is 1. The van der Waals surface area contributed by atoms with Crippen LogP contribution >= 0.6 is 0 Å². The molecule has 1 aromatic carbocycles. The van der Waals surface area contributed by atoms with Gasteiger partial charge in [-0.2, -0.15) is 0 Å². The summed E-state index contributed by atoms with van der Waals surface area (Å²) in [6.07, 6.45) is -0.240. The average Bonchev–Trinajstić information content (AvgIpc) is 2.96. The Bertz CT molecular complexity index is 701. The zero-order valence-corrected chi connectivity index (χ0v) is 10.6. The lowest BCUT2D eigenvalue weighted by atomic mass is 10.2. The summed E-state index contributed by atoms with van der Waals surface area (Å²) >= 11 is 0. The van der Waals surface area contributed by atoms with Crippen LogP contribution in [0, 0.1) is 0 Å². The van der Waals surface area contributed by atoms with Gasteiger partial charge in [-0.3, -0.25) is 9.13 Å². The lowest BCUT2D eigenvalue weighted by molar-refractivity contribution is 0.154. The van der Waals surface area contributed by atoms with Crippen molar-refractivity contribution in [3.63, 3.8) is 0 Å². The topological polar surface area (TPSA) is 67.5 Å². The first-order valence-corrected chi connectivity index (χ1v) is 6.23. The van der Waals surface area contributed by atoms with Crippen molar-refractivity contribution in [1.29, 1.82) is 0 Å². The number of rotatable bonds is 1. The number of likely N-dealkylation sites (tertiary alicyclic amines) is 1. The molecule has 0 saturated carbocycles. The monoisotopic (exact) mass is 261 g/mol. The molecule has 1 saturated heterocycles. The van der Waals surface area contributed by atoms with Crippen LogP contribution in [0.25, 0.3) is 11.0 Å². The predicted molar refractivity (Wildman–Crippen MR) is 70.4 cm³/mol. The van der Waals surface area contributed by atoms with E-state index in [0.717, 1.165) is 11.0 Å². The molecule has 0 radical (unpaired) electrons. The van der Waals surface area contributed by atoms with Crippen molar-refractivity contribution in [3.05, 3.63) is 34.7 Å². The molecule has 2 aromatic rings. The molecule has 19 heavy (non-hydrogen) atoms. The van der Waals surface area contributed by atoms with Gasteiger partial charge >= 0.3 is 11.8 Å². The molecule has 6 nitrogen and oxygen atoms in total. The summed E-state index contributed by atoms with van der Waals surface area (Å²) in [4.78, 5) is 24.6. The molecule has 0 bridgehead atoms. The third-order valence-electron chi connectivity index (χ3n) is 3.79. The maximum absolute atomic E-state index is 12.3. The number of fused-ring (bicyclic) bond motifs is 1. The lowest BCUT2D eigenvalue weighted by Crippen LogP contribution is -2.30. The highest BCUT2D eigenvalue weighted by atomic mass is 16.4. The highest BCUT2D eigenvalue weighted by molar-refractivity contribution is 5.76. The van der Waals surface area contributed by atoms with E-state index >= 15 is 0 Å². The second kappa shape index (κ2) is 4.15. The molecule has 1 unspecified atom stereocenters. The first-order valence-electron chi connectivity index (χ1n) is 6.23. The van der Waals surface area contributed by atoms with E-state index in [9.17, 15) is 9.59 Å². The molecule has 6 heteroatoms. The number of aryl methyl sites for hydroxylation is 1. The van der Waals surface area contributed by atoms with Crippen molar-refractivity contribution in [3.8, 4) is 0 Å². The number of carboxylic acid groups (broad SMARTS) is 1. The van der Waals surface area contributed by atoms with Crippen LogP contribution in [0.3, 0.4) is 0 Å². The smallest absolute Gasteiger partial charge is 0.407 e. The number of nitrogens with zero attached hydrogens (tertiary/aromatic N) is 3. The minimum Gasteiger partial charge on any atom is -0.465 e. The largest absolute Gasteiger partial charge is 0.465 e. The molecule has 100 valence electrons. The minimum absolute atomic E-state index is 0.0744. The fraction of sp³-hybridized carbons (Fsp3) is 0.385. The summed E-state index contributed by atoms with van der Waals surface area (Å²) in [7, 11) is 1.74. The third kappa shape index (κ3) is 1.71. The Morgan fingerprint density at radius 2 is 2.00 bits per heavy atom. The molecule has 1 aliphatic heterocycles. The second-order valence-electron chi connectivity index (χ2n) is 4.87. The number of para-hydroxylation sites is 2. The molecular weight excluding hydrogens is 246 g/mol. The fourth-order valence-corrected chi connectivity index (χ4v) is 2.80. The molecule has 3 rings (SSSR count). The van der Waals surface area contributed by atoms with E-state index < -0.39 is 6.09 Å². The number of carbonyl (C=O) groups is 1. The lowest BCUT2D eigenvalue weighted by Gasteiger charge is -2.13. The normalized spacial score (nSPS) is 19.2. The molecule has 0 aliphatic carbocycles. The molecule has 1 N–H and O–H groups in total. The predicted octanol–water partition coefficient (Wildman–Crippen LogP) is 1.26. The summed E-state index contributed by atoms with van der Waals surface area (Å²) in [5, 5.41) is 9.00. The second-order valence-corrected chi connectivity index (χ2v) is 4.87. The molecule has 1 aromatic heterocycles. The SMILES string of the molecule is Cn1c(=O)n(C2CCN(C(=O)O)C2)c2ccccc21. The van der Waals surface area contributed by atoms with Crippen LogP contribution < -0.4 is 5.69 Å². The Morgan fingerprint density at radius 1 is 1.32 bits per heavy atom. The van der Waals surface area contributed by atoms with Crippen molar-refractivity contribution in [2.45, 2.75) is 12.5 Å². The number of amides is 1. The van der Waals surface area contributed by atoms with E-state index in [1.807, 2.05) is 24.3 Å². The van der Waals surface area contributed by atoms with E-state index in [2.05, 4.69) is 0 Å². The Balaban J connectivity index is 2.09. The van der Waals surface area contributed by atoms with Gasteiger partial charge in [0.1, 0.15) is 0 Å². The first kappa shape index (κ1) is 11.8. The third-order valence-corrected chi connectivity index (χ3v) is 3.79. The zero-order valence-electron chi connectivity index (χ0n) is 10.6. The van der Waals surface area contributed by atoms with E-state index in [1.165, 1.54) is 4.90 Å². The van der Waals surface area contributed by atoms with Crippen LogP contribution in [-0.2, 0) is 7.05 Å². The van der Waals surface area contributed by atoms with Crippen molar-refractivity contribution < 1.29 is 9.90 Å². The number of aromatic nitrogens is 2. The first-order chi connectivity index (χ1) is 9.09. The van der Waals surface area contributed by atoms with Gasteiger partial charge in [0, 0.05) is 20.1 Å². The molecule has 0 spiro atoms. The van der Waals surface area contributed by atoms with Gasteiger partial charge in [0.25, 0.3) is 0 Å². The van der Waals surface area contributed by atoms with Crippen LogP contribution in [0.1, 0.15) is 12.5 Å². The van der Waals surface area contributed by atoms with Crippen LogP contribution in [0.5, 0.6) is 0 Å². The standard InChI is InChI=1S/C13H15N3O3/c1-14-10-4-2-3-5-11(10)16(12(14)17)9-6-7-15(8-9)13(18)19/h2-5,9H,6-8H2,1H3,(H,18,19). The molecule has 1 amide bonds. The van der Waals surface area contributed by atoms with Gasteiger partial charge < -0.3 is 10.0 Å². The summed E-state index contributed by atoms with van der Waals surface area (Å²) < 4.78 is 3.33. The van der Waals surface area contributed by atoms with Crippen molar-refractivity contribution in [1.82, 2.24) is 14.0 Å². The summed E-state index contributed by atoms with van der Waals surface area (Å²) in [6.45, 7) is 0.860. The highest BCUT2D eigenvalue weighted by Crippen LogP contribution is 2.24. The van der Waals surface area contributed by atoms with Gasteiger partial charge in [0.2, 0.25) is 0 Å². The van der Waals surface area contributed by atoms with Crippen LogP contribution in [0.2, 0.25) is 0 Å². The summed E-state index contributed by atoms with van der Waals surface area (Å²) in [5.74, 6) is 0. The molecular formula is C13H15N3O3. The Kier molecular flexibility index (Phi) is 2.58. The Morgan fingerprint density at radius 3 is 2.63 bits per heavy atom. The van der Waals surface area contributed by atoms with E-state index in [0.29, 0.717) is 19.5 Å². The molecule has 1 aliphatic rings. The minimum atomic E-state index is -0.921. The Hall–Kier alpha value is -2.24. The van der Waals surface area contributed by atoms with Crippen molar-refractivity contribution in [2.24, 2.45) is 7.05 Å². The van der Waals surface area contributed by atoms with Gasteiger partial charge in [-0.25, -0.2) is 9.59 Å². The fourth-order valence-electron chi connectivity index (χ4n) is 2.80. The van der Waals surface area contributed by atoms with E-state index in [-0.39, 0.29) is 11.7 Å². The van der Waals surface area contributed by atoms with E-state index in [4.69, 9.17) is 5.11 Å².